The second-order valence-corrected chi connectivity index (χ2v) is 3.28. The average molecular weight is 217 g/mol. The van der Waals surface area contributed by atoms with Crippen LogP contribution in [-0.4, -0.2) is 28.2 Å². The zero-order valence-corrected chi connectivity index (χ0v) is 9.04. The van der Waals surface area contributed by atoms with Crippen molar-refractivity contribution in [1.29, 1.82) is 0 Å². The molecule has 0 aliphatic heterocycles. The van der Waals surface area contributed by atoms with E-state index in [1.165, 1.54) is 7.11 Å². The summed E-state index contributed by atoms with van der Waals surface area (Å²) in [7, 11) is 1.53. The minimum absolute atomic E-state index is 0.517. The zero-order chi connectivity index (χ0) is 11.5. The highest BCUT2D eigenvalue weighted by Gasteiger charge is 2.05. The number of carbonyl (C=O) groups is 1. The topological polar surface area (TPSA) is 57.0 Å². The van der Waals surface area contributed by atoms with E-state index in [4.69, 9.17) is 4.74 Å². The monoisotopic (exact) mass is 217 g/mol. The summed E-state index contributed by atoms with van der Waals surface area (Å²) < 4.78 is 6.74. The van der Waals surface area contributed by atoms with E-state index >= 15 is 0 Å². The molecule has 0 atom stereocenters. The summed E-state index contributed by atoms with van der Waals surface area (Å²) in [5.41, 5.74) is 1.33. The first-order valence-corrected chi connectivity index (χ1v) is 4.76. The van der Waals surface area contributed by atoms with E-state index < -0.39 is 0 Å². The Hall–Kier alpha value is -2.17. The molecule has 0 radical (unpaired) electrons. The number of rotatable bonds is 3. The Labute approximate surface area is 92.7 Å². The van der Waals surface area contributed by atoms with E-state index in [1.54, 1.807) is 29.2 Å². The fourth-order valence-electron chi connectivity index (χ4n) is 1.41. The number of aryl methyl sites for hydroxylation is 1. The Balaban J connectivity index is 2.47. The van der Waals surface area contributed by atoms with Crippen LogP contribution < -0.4 is 4.74 Å². The summed E-state index contributed by atoms with van der Waals surface area (Å²) in [6.07, 6.45) is 2.37. The third kappa shape index (κ3) is 1.79. The number of methoxy groups -OCH3 is 1. The van der Waals surface area contributed by atoms with Gasteiger partial charge in [0.15, 0.2) is 6.29 Å². The molecule has 0 aliphatic rings. The molecule has 16 heavy (non-hydrogen) atoms. The lowest BCUT2D eigenvalue weighted by Crippen LogP contribution is -1.98. The van der Waals surface area contributed by atoms with Gasteiger partial charge in [0.25, 0.3) is 0 Å². The summed E-state index contributed by atoms with van der Waals surface area (Å²) in [6, 6.07) is 5.23. The van der Waals surface area contributed by atoms with Gasteiger partial charge in [0, 0.05) is 6.07 Å². The third-order valence-corrected chi connectivity index (χ3v) is 2.21. The van der Waals surface area contributed by atoms with Gasteiger partial charge in [-0.25, -0.2) is 9.67 Å². The molecule has 5 heteroatoms. The smallest absolute Gasteiger partial charge is 0.153 e. The minimum atomic E-state index is 0.517. The van der Waals surface area contributed by atoms with Gasteiger partial charge < -0.3 is 4.74 Å². The molecule has 82 valence electrons. The van der Waals surface area contributed by atoms with E-state index in [1.807, 2.05) is 6.92 Å². The van der Waals surface area contributed by atoms with Crippen molar-refractivity contribution in [3.05, 3.63) is 35.9 Å². The molecule has 2 aromatic rings. The number of aromatic nitrogens is 3. The first-order chi connectivity index (χ1) is 7.74. The second kappa shape index (κ2) is 4.14. The first-order valence-electron chi connectivity index (χ1n) is 4.76. The van der Waals surface area contributed by atoms with Crippen molar-refractivity contribution in [1.82, 2.24) is 14.8 Å². The van der Waals surface area contributed by atoms with Crippen molar-refractivity contribution in [2.75, 3.05) is 7.11 Å². The largest absolute Gasteiger partial charge is 0.496 e. The number of hydrogen-bond acceptors (Lipinski definition) is 4. The number of nitrogens with zero attached hydrogens (tertiary/aromatic N) is 3. The fraction of sp³-hybridized carbons (Fsp3) is 0.182. The van der Waals surface area contributed by atoms with E-state index in [2.05, 4.69) is 10.1 Å². The van der Waals surface area contributed by atoms with E-state index in [0.717, 1.165) is 12.0 Å². The lowest BCUT2D eigenvalue weighted by Gasteiger charge is -2.06. The molecule has 5 nitrogen and oxygen atoms in total. The Morgan fingerprint density at radius 2 is 2.25 bits per heavy atom. The SMILES string of the molecule is COc1cc(-n2cnc(C)n2)ccc1C=O. The van der Waals surface area contributed by atoms with Crippen molar-refractivity contribution in [2.24, 2.45) is 0 Å². The number of benzene rings is 1. The van der Waals surface area contributed by atoms with Crippen LogP contribution in [0.15, 0.2) is 24.5 Å². The third-order valence-electron chi connectivity index (χ3n) is 2.21. The molecule has 0 spiro atoms. The normalized spacial score (nSPS) is 10.1. The van der Waals surface area contributed by atoms with Gasteiger partial charge in [0.1, 0.15) is 17.9 Å². The molecule has 0 fully saturated rings. The molecule has 0 amide bonds. The standard InChI is InChI=1S/C11H11N3O2/c1-8-12-7-14(13-8)10-4-3-9(6-15)11(5-10)16-2/h3-7H,1-2H3. The molecule has 0 N–H and O–H groups in total. The highest BCUT2D eigenvalue weighted by molar-refractivity contribution is 5.80. The van der Waals surface area contributed by atoms with E-state index in [9.17, 15) is 4.79 Å². The van der Waals surface area contributed by atoms with Crippen molar-refractivity contribution in [3.8, 4) is 11.4 Å². The molecule has 0 saturated carbocycles. The molecule has 0 aliphatic carbocycles. The van der Waals surface area contributed by atoms with Gasteiger partial charge in [0.05, 0.1) is 18.4 Å². The lowest BCUT2D eigenvalue weighted by molar-refractivity contribution is 0.112. The van der Waals surface area contributed by atoms with Crippen LogP contribution in [0.25, 0.3) is 5.69 Å². The predicted molar refractivity (Wildman–Crippen MR) is 58.0 cm³/mol. The quantitative estimate of drug-likeness (QED) is 0.729. The van der Waals surface area contributed by atoms with Crippen LogP contribution >= 0.6 is 0 Å². The van der Waals surface area contributed by atoms with Gasteiger partial charge in [-0.05, 0) is 19.1 Å². The fourth-order valence-corrected chi connectivity index (χ4v) is 1.41. The van der Waals surface area contributed by atoms with Gasteiger partial charge in [-0.3, -0.25) is 4.79 Å². The molecular formula is C11H11N3O2. The molecular weight excluding hydrogens is 206 g/mol. The van der Waals surface area contributed by atoms with Gasteiger partial charge in [-0.2, -0.15) is 5.10 Å². The van der Waals surface area contributed by atoms with Crippen LogP contribution in [0.4, 0.5) is 0 Å². The molecule has 2 rings (SSSR count). The number of ether oxygens (including phenoxy) is 1. The van der Waals surface area contributed by atoms with Gasteiger partial charge in [-0.1, -0.05) is 0 Å². The number of aldehydes is 1. The first kappa shape index (κ1) is 10.4. The van der Waals surface area contributed by atoms with Crippen LogP contribution in [0, 0.1) is 6.92 Å². The Bertz CT molecular complexity index is 520. The van der Waals surface area contributed by atoms with Crippen LogP contribution in [-0.2, 0) is 0 Å². The summed E-state index contributed by atoms with van der Waals surface area (Å²) in [4.78, 5) is 14.8. The van der Waals surface area contributed by atoms with Crippen LogP contribution in [0.2, 0.25) is 0 Å². The molecule has 0 bridgehead atoms. The number of hydrogen-bond donors (Lipinski definition) is 0. The maximum atomic E-state index is 10.7. The highest BCUT2D eigenvalue weighted by atomic mass is 16.5. The van der Waals surface area contributed by atoms with Crippen LogP contribution in [0.3, 0.4) is 0 Å². The average Bonchev–Trinajstić information content (AvgIpc) is 2.75. The number of carbonyl (C=O) groups excluding carboxylic acids is 1. The summed E-state index contributed by atoms with van der Waals surface area (Å²) in [5.74, 6) is 1.22. The van der Waals surface area contributed by atoms with Gasteiger partial charge in [-0.15, -0.1) is 0 Å². The molecule has 1 aromatic heterocycles. The lowest BCUT2D eigenvalue weighted by atomic mass is 10.2. The van der Waals surface area contributed by atoms with Gasteiger partial charge >= 0.3 is 0 Å². The van der Waals surface area contributed by atoms with E-state index in [0.29, 0.717) is 17.1 Å². The molecule has 0 unspecified atom stereocenters. The van der Waals surface area contributed by atoms with Gasteiger partial charge in [0.2, 0.25) is 0 Å². The Morgan fingerprint density at radius 3 is 2.81 bits per heavy atom. The molecule has 0 saturated heterocycles. The predicted octanol–water partition coefficient (Wildman–Crippen LogP) is 1.40. The summed E-state index contributed by atoms with van der Waals surface area (Å²) in [5, 5.41) is 4.17. The van der Waals surface area contributed by atoms with Crippen molar-refractivity contribution in [2.45, 2.75) is 6.92 Å². The van der Waals surface area contributed by atoms with Crippen LogP contribution in [0.1, 0.15) is 16.2 Å². The Kier molecular flexibility index (Phi) is 2.68. The molecule has 1 heterocycles. The summed E-state index contributed by atoms with van der Waals surface area (Å²) in [6.45, 7) is 1.81. The minimum Gasteiger partial charge on any atom is -0.496 e. The summed E-state index contributed by atoms with van der Waals surface area (Å²) >= 11 is 0. The highest BCUT2D eigenvalue weighted by Crippen LogP contribution is 2.20. The van der Waals surface area contributed by atoms with Crippen molar-refractivity contribution < 1.29 is 9.53 Å². The maximum Gasteiger partial charge on any atom is 0.153 e. The van der Waals surface area contributed by atoms with Crippen molar-refractivity contribution >= 4 is 6.29 Å². The Morgan fingerprint density at radius 1 is 1.44 bits per heavy atom. The van der Waals surface area contributed by atoms with Crippen molar-refractivity contribution in [3.63, 3.8) is 0 Å². The maximum absolute atomic E-state index is 10.7. The zero-order valence-electron chi connectivity index (χ0n) is 9.04. The second-order valence-electron chi connectivity index (χ2n) is 3.28. The van der Waals surface area contributed by atoms with E-state index in [-0.39, 0.29) is 0 Å². The van der Waals surface area contributed by atoms with Crippen LogP contribution in [0.5, 0.6) is 5.75 Å². The molecule has 1 aromatic carbocycles.